The number of aryl methyl sites for hydroxylation is 2. The van der Waals surface area contributed by atoms with Crippen molar-refractivity contribution in [3.63, 3.8) is 0 Å². The number of benzene rings is 2. The fourth-order valence-corrected chi connectivity index (χ4v) is 5.46. The molecule has 0 spiro atoms. The van der Waals surface area contributed by atoms with Crippen LogP contribution < -0.4 is 5.32 Å². The smallest absolute Gasteiger partial charge is 0.132 e. The van der Waals surface area contributed by atoms with Crippen LogP contribution in [0.15, 0.2) is 60.7 Å². The first-order valence-corrected chi connectivity index (χ1v) is 16.5. The zero-order valence-electron chi connectivity index (χ0n) is 26.5. The Hall–Kier alpha value is -2.56. The molecule has 41 heavy (non-hydrogen) atoms. The Morgan fingerprint density at radius 1 is 0.707 bits per heavy atom. The van der Waals surface area contributed by atoms with E-state index in [0.29, 0.717) is 5.92 Å². The Balaban J connectivity index is 1.79. The predicted molar refractivity (Wildman–Crippen MR) is 176 cm³/mol. The third kappa shape index (κ3) is 12.9. The number of nitrogens with zero attached hydrogens (tertiary/aromatic N) is 3. The van der Waals surface area contributed by atoms with Gasteiger partial charge in [-0.2, -0.15) is 0 Å². The Bertz CT molecular complexity index is 1070. The number of unbranched alkanes of at least 4 members (excludes halogenated alkanes) is 6. The molecule has 0 bridgehead atoms. The van der Waals surface area contributed by atoms with E-state index in [2.05, 4.69) is 98.8 Å². The van der Waals surface area contributed by atoms with Gasteiger partial charge in [-0.05, 0) is 63.4 Å². The maximum absolute atomic E-state index is 5.26. The van der Waals surface area contributed by atoms with Crippen molar-refractivity contribution in [3.8, 4) is 11.3 Å². The van der Waals surface area contributed by atoms with Crippen LogP contribution in [0, 0.1) is 0 Å². The van der Waals surface area contributed by atoms with Gasteiger partial charge in [0.05, 0.1) is 5.69 Å². The summed E-state index contributed by atoms with van der Waals surface area (Å²) in [6, 6.07) is 22.1. The maximum atomic E-state index is 5.26. The van der Waals surface area contributed by atoms with Crippen molar-refractivity contribution in [2.45, 2.75) is 110 Å². The molecule has 0 radical (unpaired) electrons. The lowest BCUT2D eigenvalue weighted by atomic mass is 9.93. The highest BCUT2D eigenvalue weighted by atomic mass is 15.1. The summed E-state index contributed by atoms with van der Waals surface area (Å²) in [7, 11) is 4.23. The molecule has 1 N–H and O–H groups in total. The topological polar surface area (TPSA) is 41.1 Å². The summed E-state index contributed by atoms with van der Waals surface area (Å²) in [4.78, 5) is 12.7. The van der Waals surface area contributed by atoms with Crippen molar-refractivity contribution >= 4 is 0 Å². The number of nitrogens with one attached hydrogen (secondary N) is 1. The second-order valence-corrected chi connectivity index (χ2v) is 12.0. The number of hydrogen-bond donors (Lipinski definition) is 1. The second kappa shape index (κ2) is 19.5. The first-order valence-electron chi connectivity index (χ1n) is 16.5. The van der Waals surface area contributed by atoms with Gasteiger partial charge in [-0.3, -0.25) is 0 Å². The molecule has 1 heterocycles. The molecular formula is C37H56N4. The molecule has 0 aliphatic heterocycles. The van der Waals surface area contributed by atoms with Crippen molar-refractivity contribution < 1.29 is 0 Å². The van der Waals surface area contributed by atoms with Crippen LogP contribution in [0.4, 0.5) is 0 Å². The summed E-state index contributed by atoms with van der Waals surface area (Å²) in [5, 5.41) is 3.55. The van der Waals surface area contributed by atoms with Crippen LogP contribution in [-0.4, -0.2) is 42.1 Å². The van der Waals surface area contributed by atoms with Crippen LogP contribution in [0.5, 0.6) is 0 Å². The van der Waals surface area contributed by atoms with E-state index in [-0.39, 0.29) is 0 Å². The van der Waals surface area contributed by atoms with Gasteiger partial charge in [0.2, 0.25) is 0 Å². The zero-order valence-corrected chi connectivity index (χ0v) is 26.5. The largest absolute Gasteiger partial charge is 0.311 e. The number of aromatic nitrogens is 2. The molecule has 0 atom stereocenters. The Morgan fingerprint density at radius 3 is 2.02 bits per heavy atom. The SMILES string of the molecule is CCCCCCC(CCCCCC)c1nc(CCCc2ccccc2)cc(-c2ccc(CNCCN(C)C)cc2)n1. The molecule has 1 aromatic heterocycles. The zero-order chi connectivity index (χ0) is 29.1. The molecule has 0 saturated carbocycles. The van der Waals surface area contributed by atoms with Gasteiger partial charge in [0, 0.05) is 36.8 Å². The van der Waals surface area contributed by atoms with Crippen molar-refractivity contribution in [2.24, 2.45) is 0 Å². The second-order valence-electron chi connectivity index (χ2n) is 12.0. The molecule has 4 nitrogen and oxygen atoms in total. The van der Waals surface area contributed by atoms with Gasteiger partial charge in [-0.25, -0.2) is 9.97 Å². The Kier molecular flexibility index (Phi) is 15.7. The summed E-state index contributed by atoms with van der Waals surface area (Å²) >= 11 is 0. The van der Waals surface area contributed by atoms with Crippen molar-refractivity contribution in [2.75, 3.05) is 27.2 Å². The molecule has 3 aromatic rings. The van der Waals surface area contributed by atoms with Crippen LogP contribution in [0.25, 0.3) is 11.3 Å². The number of likely N-dealkylation sites (N-methyl/N-ethyl adjacent to an activating group) is 1. The lowest BCUT2D eigenvalue weighted by molar-refractivity contribution is 0.400. The minimum atomic E-state index is 0.455. The van der Waals surface area contributed by atoms with Gasteiger partial charge < -0.3 is 10.2 Å². The van der Waals surface area contributed by atoms with Crippen LogP contribution in [-0.2, 0) is 19.4 Å². The van der Waals surface area contributed by atoms with Crippen molar-refractivity contribution in [3.05, 3.63) is 83.3 Å². The molecule has 0 unspecified atom stereocenters. The molecule has 0 aliphatic rings. The average molecular weight is 557 g/mol. The van der Waals surface area contributed by atoms with E-state index in [1.807, 2.05) is 0 Å². The molecule has 2 aromatic carbocycles. The molecule has 0 saturated heterocycles. The minimum absolute atomic E-state index is 0.455. The van der Waals surface area contributed by atoms with Gasteiger partial charge in [-0.15, -0.1) is 0 Å². The van der Waals surface area contributed by atoms with Gasteiger partial charge in [0.15, 0.2) is 0 Å². The highest BCUT2D eigenvalue weighted by Crippen LogP contribution is 2.29. The van der Waals surface area contributed by atoms with Crippen molar-refractivity contribution in [1.29, 1.82) is 0 Å². The summed E-state index contributed by atoms with van der Waals surface area (Å²) in [5.41, 5.74) is 6.20. The van der Waals surface area contributed by atoms with Gasteiger partial charge >= 0.3 is 0 Å². The molecular weight excluding hydrogens is 500 g/mol. The fraction of sp³-hybridized carbons (Fsp3) is 0.568. The van der Waals surface area contributed by atoms with Gasteiger partial charge in [0.1, 0.15) is 5.82 Å². The van der Waals surface area contributed by atoms with E-state index in [4.69, 9.17) is 9.97 Å². The highest BCUT2D eigenvalue weighted by molar-refractivity contribution is 5.60. The molecule has 0 fully saturated rings. The monoisotopic (exact) mass is 556 g/mol. The van der Waals surface area contributed by atoms with Crippen LogP contribution in [0.1, 0.15) is 113 Å². The lowest BCUT2D eigenvalue weighted by Crippen LogP contribution is -2.26. The molecule has 224 valence electrons. The van der Waals surface area contributed by atoms with Gasteiger partial charge in [0.25, 0.3) is 0 Å². The Labute approximate surface area is 251 Å². The lowest BCUT2D eigenvalue weighted by Gasteiger charge is -2.18. The average Bonchev–Trinajstić information content (AvgIpc) is 2.99. The van der Waals surface area contributed by atoms with E-state index in [1.165, 1.54) is 86.6 Å². The van der Waals surface area contributed by atoms with Crippen molar-refractivity contribution in [1.82, 2.24) is 20.2 Å². The summed E-state index contributed by atoms with van der Waals surface area (Å²) in [6.45, 7) is 7.52. The standard InChI is InChI=1S/C37H56N4/c1-5-7-9-14-20-34(21-15-10-8-6-2)37-39-35(22-16-19-31-17-12-11-13-18-31)29-36(40-37)33-25-23-32(24-26-33)30-38-27-28-41(3)4/h11-13,17-18,23-26,29,34,38H,5-10,14-16,19-22,27-28,30H2,1-4H3. The first kappa shape index (κ1) is 32.9. The van der Waals surface area contributed by atoms with E-state index in [0.717, 1.165) is 50.4 Å². The molecule has 4 heteroatoms. The number of hydrogen-bond acceptors (Lipinski definition) is 4. The van der Waals surface area contributed by atoms with Crippen LogP contribution in [0.3, 0.4) is 0 Å². The minimum Gasteiger partial charge on any atom is -0.311 e. The fourth-order valence-electron chi connectivity index (χ4n) is 5.46. The van der Waals surface area contributed by atoms with E-state index in [9.17, 15) is 0 Å². The van der Waals surface area contributed by atoms with Gasteiger partial charge in [-0.1, -0.05) is 120 Å². The van der Waals surface area contributed by atoms with Crippen LogP contribution >= 0.6 is 0 Å². The normalized spacial score (nSPS) is 11.6. The van der Waals surface area contributed by atoms with E-state index in [1.54, 1.807) is 0 Å². The molecule has 0 amide bonds. The number of rotatable bonds is 21. The van der Waals surface area contributed by atoms with E-state index >= 15 is 0 Å². The molecule has 3 rings (SSSR count). The Morgan fingerprint density at radius 2 is 1.39 bits per heavy atom. The summed E-state index contributed by atoms with van der Waals surface area (Å²) < 4.78 is 0. The third-order valence-electron chi connectivity index (χ3n) is 8.03. The third-order valence-corrected chi connectivity index (χ3v) is 8.03. The van der Waals surface area contributed by atoms with E-state index < -0.39 is 0 Å². The highest BCUT2D eigenvalue weighted by Gasteiger charge is 2.17. The molecule has 0 aliphatic carbocycles. The maximum Gasteiger partial charge on any atom is 0.132 e. The first-order chi connectivity index (χ1) is 20.1. The van der Waals surface area contributed by atoms with Crippen LogP contribution in [0.2, 0.25) is 0 Å². The summed E-state index contributed by atoms with van der Waals surface area (Å²) in [5.74, 6) is 1.54. The quantitative estimate of drug-likeness (QED) is 0.133. The summed E-state index contributed by atoms with van der Waals surface area (Å²) in [6.07, 6.45) is 16.0. The predicted octanol–water partition coefficient (Wildman–Crippen LogP) is 8.99.